The first kappa shape index (κ1) is 14.2. The van der Waals surface area contributed by atoms with E-state index in [0.717, 1.165) is 25.1 Å². The number of carbonyl (C=O) groups excluding carboxylic acids is 1. The van der Waals surface area contributed by atoms with E-state index in [1.165, 1.54) is 11.3 Å². The predicted octanol–water partition coefficient (Wildman–Crippen LogP) is 3.04. The van der Waals surface area contributed by atoms with Gasteiger partial charge in [0, 0.05) is 24.0 Å². The Kier molecular flexibility index (Phi) is 2.91. The van der Waals surface area contributed by atoms with E-state index in [4.69, 9.17) is 9.72 Å². The number of fused-ring (bicyclic) bond motifs is 4. The quantitative estimate of drug-likeness (QED) is 0.691. The van der Waals surface area contributed by atoms with E-state index >= 15 is 0 Å². The van der Waals surface area contributed by atoms with Crippen molar-refractivity contribution in [2.45, 2.75) is 59.0 Å². The molecule has 4 nitrogen and oxygen atoms in total. The normalized spacial score (nSPS) is 43.1. The fraction of sp³-hybridized carbons (Fsp3) is 0.722. The molecule has 2 aliphatic carbocycles. The van der Waals surface area contributed by atoms with E-state index < -0.39 is 0 Å². The van der Waals surface area contributed by atoms with Crippen LogP contribution in [-0.2, 0) is 16.0 Å². The van der Waals surface area contributed by atoms with Gasteiger partial charge in [-0.3, -0.25) is 4.79 Å². The molecule has 1 aliphatic heterocycles. The van der Waals surface area contributed by atoms with E-state index in [-0.39, 0.29) is 23.4 Å². The van der Waals surface area contributed by atoms with Gasteiger partial charge >= 0.3 is 5.97 Å². The number of rotatable bonds is 0. The molecule has 1 aromatic heterocycles. The predicted molar refractivity (Wildman–Crippen MR) is 82.3 cm³/mol. The van der Waals surface area contributed by atoms with Gasteiger partial charge in [0.2, 0.25) is 0 Å². The first-order chi connectivity index (χ1) is 10.4. The van der Waals surface area contributed by atoms with Crippen LogP contribution in [0.1, 0.15) is 56.6 Å². The second-order valence-electron chi connectivity index (χ2n) is 7.87. The van der Waals surface area contributed by atoms with Gasteiger partial charge < -0.3 is 4.74 Å². The highest BCUT2D eigenvalue weighted by molar-refractivity contribution is 5.75. The Morgan fingerprint density at radius 1 is 1.32 bits per heavy atom. The standard InChI is InChI=1S/C18H24N2O2/c1-9-13-5-6-18(4)7-12-8-19-11(3)20-15(12)10(2)14(18)16(13)22-17(9)21/h8-10,13-14,16H,5-7H2,1-4H3. The fourth-order valence-corrected chi connectivity index (χ4v) is 5.34. The molecule has 0 bridgehead atoms. The lowest BCUT2D eigenvalue weighted by atomic mass is 9.53. The second kappa shape index (κ2) is 4.53. The Morgan fingerprint density at radius 2 is 2.09 bits per heavy atom. The number of ether oxygens (including phenoxy) is 1. The van der Waals surface area contributed by atoms with Crippen molar-refractivity contribution in [3.63, 3.8) is 0 Å². The molecule has 0 radical (unpaired) electrons. The van der Waals surface area contributed by atoms with Gasteiger partial charge in [-0.2, -0.15) is 0 Å². The minimum atomic E-state index is -0.00360. The molecule has 1 saturated heterocycles. The molecule has 4 heteroatoms. The molecule has 2 fully saturated rings. The van der Waals surface area contributed by atoms with Crippen LogP contribution in [0.15, 0.2) is 6.20 Å². The maximum Gasteiger partial charge on any atom is 0.309 e. The largest absolute Gasteiger partial charge is 0.461 e. The number of nitrogens with zero attached hydrogens (tertiary/aromatic N) is 2. The zero-order valence-electron chi connectivity index (χ0n) is 13.8. The first-order valence-corrected chi connectivity index (χ1v) is 8.43. The molecule has 2 heterocycles. The number of hydrogen-bond donors (Lipinski definition) is 0. The van der Waals surface area contributed by atoms with Gasteiger partial charge in [-0.15, -0.1) is 0 Å². The van der Waals surface area contributed by atoms with Crippen molar-refractivity contribution in [2.24, 2.45) is 23.2 Å². The summed E-state index contributed by atoms with van der Waals surface area (Å²) in [6.45, 7) is 8.60. The summed E-state index contributed by atoms with van der Waals surface area (Å²) in [5, 5.41) is 0. The van der Waals surface area contributed by atoms with E-state index in [9.17, 15) is 4.79 Å². The van der Waals surface area contributed by atoms with Crippen molar-refractivity contribution in [1.82, 2.24) is 9.97 Å². The highest BCUT2D eigenvalue weighted by Crippen LogP contribution is 2.58. The smallest absolute Gasteiger partial charge is 0.309 e. The summed E-state index contributed by atoms with van der Waals surface area (Å²) < 4.78 is 5.85. The Labute approximate surface area is 131 Å². The highest BCUT2D eigenvalue weighted by Gasteiger charge is 2.58. The van der Waals surface area contributed by atoms with E-state index in [1.54, 1.807) is 0 Å². The molecule has 1 saturated carbocycles. The molecular weight excluding hydrogens is 276 g/mol. The SMILES string of the molecule is Cc1ncc2c(n1)C(C)C1C3OC(=O)C(C)C3CCC1(C)C2. The summed E-state index contributed by atoms with van der Waals surface area (Å²) >= 11 is 0. The van der Waals surface area contributed by atoms with Gasteiger partial charge in [0.1, 0.15) is 11.9 Å². The van der Waals surface area contributed by atoms with Gasteiger partial charge in [-0.05, 0) is 37.2 Å². The summed E-state index contributed by atoms with van der Waals surface area (Å²) in [5.74, 6) is 1.96. The Balaban J connectivity index is 1.79. The molecule has 0 spiro atoms. The molecule has 1 aromatic rings. The molecule has 0 aromatic carbocycles. The lowest BCUT2D eigenvalue weighted by Crippen LogP contribution is -2.50. The maximum atomic E-state index is 12.1. The zero-order valence-corrected chi connectivity index (χ0v) is 13.8. The zero-order chi connectivity index (χ0) is 15.6. The van der Waals surface area contributed by atoms with Crippen molar-refractivity contribution >= 4 is 5.97 Å². The molecule has 0 amide bonds. The molecular formula is C18H24N2O2. The highest BCUT2D eigenvalue weighted by atomic mass is 16.6. The molecule has 3 aliphatic rings. The fourth-order valence-electron chi connectivity index (χ4n) is 5.34. The van der Waals surface area contributed by atoms with Crippen LogP contribution in [0.25, 0.3) is 0 Å². The van der Waals surface area contributed by atoms with Crippen LogP contribution in [-0.4, -0.2) is 22.0 Å². The van der Waals surface area contributed by atoms with Crippen LogP contribution in [0.5, 0.6) is 0 Å². The van der Waals surface area contributed by atoms with Gasteiger partial charge in [0.25, 0.3) is 0 Å². The molecule has 6 unspecified atom stereocenters. The van der Waals surface area contributed by atoms with Crippen LogP contribution in [0.4, 0.5) is 0 Å². The van der Waals surface area contributed by atoms with Crippen molar-refractivity contribution in [3.8, 4) is 0 Å². The minimum Gasteiger partial charge on any atom is -0.461 e. The Bertz CT molecular complexity index is 644. The third-order valence-electron chi connectivity index (χ3n) is 6.48. The average Bonchev–Trinajstić information content (AvgIpc) is 2.74. The summed E-state index contributed by atoms with van der Waals surface area (Å²) in [5.41, 5.74) is 2.65. The van der Waals surface area contributed by atoms with E-state index in [1.807, 2.05) is 20.0 Å². The van der Waals surface area contributed by atoms with Crippen molar-refractivity contribution < 1.29 is 9.53 Å². The molecule has 0 N–H and O–H groups in total. The number of aryl methyl sites for hydroxylation is 1. The molecule has 22 heavy (non-hydrogen) atoms. The summed E-state index contributed by atoms with van der Waals surface area (Å²) in [6, 6.07) is 0. The van der Waals surface area contributed by atoms with Gasteiger partial charge in [-0.25, -0.2) is 9.97 Å². The summed E-state index contributed by atoms with van der Waals surface area (Å²) in [4.78, 5) is 21.2. The monoisotopic (exact) mass is 300 g/mol. The van der Waals surface area contributed by atoms with E-state index in [0.29, 0.717) is 17.8 Å². The number of hydrogen-bond acceptors (Lipinski definition) is 4. The first-order valence-electron chi connectivity index (χ1n) is 8.43. The van der Waals surface area contributed by atoms with Crippen molar-refractivity contribution in [3.05, 3.63) is 23.3 Å². The number of esters is 1. The van der Waals surface area contributed by atoms with Crippen LogP contribution >= 0.6 is 0 Å². The third-order valence-corrected chi connectivity index (χ3v) is 6.48. The third kappa shape index (κ3) is 1.79. The van der Waals surface area contributed by atoms with Gasteiger partial charge in [-0.1, -0.05) is 20.8 Å². The number of carbonyl (C=O) groups is 1. The van der Waals surface area contributed by atoms with E-state index in [2.05, 4.69) is 18.8 Å². The molecule has 6 atom stereocenters. The topological polar surface area (TPSA) is 52.1 Å². The lowest BCUT2D eigenvalue weighted by Gasteiger charge is -2.52. The maximum absolute atomic E-state index is 12.1. The lowest BCUT2D eigenvalue weighted by molar-refractivity contribution is -0.149. The van der Waals surface area contributed by atoms with Crippen molar-refractivity contribution in [1.29, 1.82) is 0 Å². The van der Waals surface area contributed by atoms with Crippen LogP contribution in [0, 0.1) is 30.1 Å². The van der Waals surface area contributed by atoms with Crippen molar-refractivity contribution in [2.75, 3.05) is 0 Å². The molecule has 4 rings (SSSR count). The van der Waals surface area contributed by atoms with Crippen LogP contribution < -0.4 is 0 Å². The minimum absolute atomic E-state index is 0.00360. The van der Waals surface area contributed by atoms with Crippen LogP contribution in [0.2, 0.25) is 0 Å². The summed E-state index contributed by atoms with van der Waals surface area (Å²) in [7, 11) is 0. The summed E-state index contributed by atoms with van der Waals surface area (Å²) in [6.07, 6.45) is 5.34. The average molecular weight is 300 g/mol. The number of aromatic nitrogens is 2. The Hall–Kier alpha value is -1.45. The second-order valence-corrected chi connectivity index (χ2v) is 7.87. The molecule has 118 valence electrons. The van der Waals surface area contributed by atoms with Crippen LogP contribution in [0.3, 0.4) is 0 Å². The van der Waals surface area contributed by atoms with Gasteiger partial charge in [0.05, 0.1) is 11.6 Å². The van der Waals surface area contributed by atoms with Gasteiger partial charge in [0.15, 0.2) is 0 Å². The Morgan fingerprint density at radius 3 is 2.86 bits per heavy atom.